The van der Waals surface area contributed by atoms with E-state index in [1.54, 1.807) is 20.3 Å². The summed E-state index contributed by atoms with van der Waals surface area (Å²) in [6, 6.07) is 3.66. The number of hydrogen-bond acceptors (Lipinski definition) is 4. The first-order chi connectivity index (χ1) is 8.50. The molecule has 102 valence electrons. The van der Waals surface area contributed by atoms with Crippen LogP contribution in [0, 0.1) is 0 Å². The number of hydrogen-bond donors (Lipinski definition) is 1. The lowest BCUT2D eigenvalue weighted by Crippen LogP contribution is -2.23. The Hall–Kier alpha value is -1.42. The summed E-state index contributed by atoms with van der Waals surface area (Å²) in [5, 5.41) is 9.49. The molecule has 1 N–H and O–H groups in total. The van der Waals surface area contributed by atoms with Crippen molar-refractivity contribution in [3.8, 4) is 17.2 Å². The average molecular weight is 254 g/mol. The fraction of sp³-hybridized carbons (Fsp3) is 0.571. The van der Waals surface area contributed by atoms with Crippen LogP contribution in [0.5, 0.6) is 17.2 Å². The molecule has 0 fully saturated rings. The van der Waals surface area contributed by atoms with Crippen LogP contribution in [0.25, 0.3) is 0 Å². The van der Waals surface area contributed by atoms with Gasteiger partial charge in [-0.25, -0.2) is 0 Å². The third kappa shape index (κ3) is 2.88. The third-order valence-corrected chi connectivity index (χ3v) is 2.91. The predicted octanol–water partition coefficient (Wildman–Crippen LogP) is 2.37. The van der Waals surface area contributed by atoms with Gasteiger partial charge in [0.2, 0.25) is 0 Å². The highest BCUT2D eigenvalue weighted by Gasteiger charge is 2.26. The van der Waals surface area contributed by atoms with Crippen molar-refractivity contribution < 1.29 is 19.3 Å². The van der Waals surface area contributed by atoms with E-state index in [2.05, 4.69) is 0 Å². The van der Waals surface area contributed by atoms with E-state index in [1.807, 2.05) is 26.8 Å². The molecule has 0 atom stereocenters. The Labute approximate surface area is 108 Å². The number of methoxy groups -OCH3 is 2. The first-order valence-electron chi connectivity index (χ1n) is 6.00. The van der Waals surface area contributed by atoms with Crippen LogP contribution in [0.3, 0.4) is 0 Å². The summed E-state index contributed by atoms with van der Waals surface area (Å²) in [4.78, 5) is 0. The van der Waals surface area contributed by atoms with E-state index < -0.39 is 5.41 Å². The first kappa shape index (κ1) is 14.6. The third-order valence-electron chi connectivity index (χ3n) is 2.91. The molecule has 0 unspecified atom stereocenters. The lowest BCUT2D eigenvalue weighted by atomic mass is 9.84. The number of benzene rings is 1. The molecule has 0 aliphatic heterocycles. The molecule has 0 radical (unpaired) electrons. The second kappa shape index (κ2) is 5.96. The highest BCUT2D eigenvalue weighted by Crippen LogP contribution is 2.40. The Balaban J connectivity index is 3.36. The Morgan fingerprint density at radius 2 is 1.67 bits per heavy atom. The van der Waals surface area contributed by atoms with Crippen LogP contribution in [0.15, 0.2) is 12.1 Å². The summed E-state index contributed by atoms with van der Waals surface area (Å²) in [6.45, 7) is 6.41. The normalized spacial score (nSPS) is 11.2. The fourth-order valence-electron chi connectivity index (χ4n) is 1.75. The average Bonchev–Trinajstić information content (AvgIpc) is 2.38. The zero-order valence-electron chi connectivity index (χ0n) is 11.7. The van der Waals surface area contributed by atoms with Gasteiger partial charge in [-0.05, 0) is 13.0 Å². The molecule has 0 saturated carbocycles. The summed E-state index contributed by atoms with van der Waals surface area (Å²) in [5.74, 6) is 1.98. The van der Waals surface area contributed by atoms with Crippen LogP contribution < -0.4 is 14.2 Å². The topological polar surface area (TPSA) is 47.9 Å². The zero-order chi connectivity index (χ0) is 13.8. The minimum atomic E-state index is -0.399. The molecule has 4 nitrogen and oxygen atoms in total. The van der Waals surface area contributed by atoms with Gasteiger partial charge < -0.3 is 19.3 Å². The molecule has 0 saturated heterocycles. The molecule has 0 aliphatic rings. The molecule has 1 aromatic carbocycles. The zero-order valence-corrected chi connectivity index (χ0v) is 11.7. The predicted molar refractivity (Wildman–Crippen MR) is 70.8 cm³/mol. The van der Waals surface area contributed by atoms with Crippen molar-refractivity contribution in [2.24, 2.45) is 0 Å². The SMILES string of the molecule is CCOc1cc(C(C)(C)CO)c(OC)cc1OC. The van der Waals surface area contributed by atoms with Crippen molar-refractivity contribution in [3.63, 3.8) is 0 Å². The van der Waals surface area contributed by atoms with E-state index in [-0.39, 0.29) is 6.61 Å². The molecule has 0 amide bonds. The smallest absolute Gasteiger partial charge is 0.164 e. The molecule has 0 bridgehead atoms. The molecule has 4 heteroatoms. The van der Waals surface area contributed by atoms with Gasteiger partial charge in [-0.15, -0.1) is 0 Å². The van der Waals surface area contributed by atoms with Gasteiger partial charge in [0.25, 0.3) is 0 Å². The number of aliphatic hydroxyl groups excluding tert-OH is 1. The van der Waals surface area contributed by atoms with Crippen LogP contribution >= 0.6 is 0 Å². The first-order valence-corrected chi connectivity index (χ1v) is 6.00. The summed E-state index contributed by atoms with van der Waals surface area (Å²) in [7, 11) is 3.19. The summed E-state index contributed by atoms with van der Waals surface area (Å²) in [5.41, 5.74) is 0.500. The quantitative estimate of drug-likeness (QED) is 0.846. The molecule has 1 rings (SSSR count). The van der Waals surface area contributed by atoms with Crippen LogP contribution in [0.1, 0.15) is 26.3 Å². The molecule has 0 spiro atoms. The standard InChI is InChI=1S/C14H22O4/c1-6-18-13-7-10(14(2,3)9-15)11(16-4)8-12(13)17-5/h7-8,15H,6,9H2,1-5H3. The van der Waals surface area contributed by atoms with Gasteiger partial charge in [0.05, 0.1) is 27.4 Å². The van der Waals surface area contributed by atoms with Gasteiger partial charge in [0.1, 0.15) is 5.75 Å². The molecule has 0 aromatic heterocycles. The van der Waals surface area contributed by atoms with Crippen LogP contribution in [-0.4, -0.2) is 32.5 Å². The molecule has 1 aromatic rings. The highest BCUT2D eigenvalue weighted by atomic mass is 16.5. The van der Waals surface area contributed by atoms with Crippen molar-refractivity contribution in [3.05, 3.63) is 17.7 Å². The summed E-state index contributed by atoms with van der Waals surface area (Å²) >= 11 is 0. The molecule has 0 aliphatic carbocycles. The van der Waals surface area contributed by atoms with E-state index in [0.717, 1.165) is 5.56 Å². The Morgan fingerprint density at radius 3 is 2.11 bits per heavy atom. The fourth-order valence-corrected chi connectivity index (χ4v) is 1.75. The monoisotopic (exact) mass is 254 g/mol. The van der Waals surface area contributed by atoms with Crippen LogP contribution in [0.2, 0.25) is 0 Å². The van der Waals surface area contributed by atoms with Gasteiger partial charge in [-0.1, -0.05) is 13.8 Å². The van der Waals surface area contributed by atoms with Crippen LogP contribution in [0.4, 0.5) is 0 Å². The van der Waals surface area contributed by atoms with E-state index in [9.17, 15) is 5.11 Å². The maximum Gasteiger partial charge on any atom is 0.164 e. The molecule has 18 heavy (non-hydrogen) atoms. The van der Waals surface area contributed by atoms with Crippen molar-refractivity contribution in [2.45, 2.75) is 26.2 Å². The number of aliphatic hydroxyl groups is 1. The number of ether oxygens (including phenoxy) is 3. The van der Waals surface area contributed by atoms with Gasteiger partial charge in [-0.2, -0.15) is 0 Å². The Morgan fingerprint density at radius 1 is 1.06 bits per heavy atom. The van der Waals surface area contributed by atoms with Crippen molar-refractivity contribution in [2.75, 3.05) is 27.4 Å². The Bertz CT molecular complexity index is 399. The van der Waals surface area contributed by atoms with E-state index in [1.165, 1.54) is 0 Å². The van der Waals surface area contributed by atoms with Crippen molar-refractivity contribution >= 4 is 0 Å². The van der Waals surface area contributed by atoms with Gasteiger partial charge in [0.15, 0.2) is 11.5 Å². The maximum atomic E-state index is 9.49. The minimum absolute atomic E-state index is 0.0290. The van der Waals surface area contributed by atoms with Gasteiger partial charge in [-0.3, -0.25) is 0 Å². The minimum Gasteiger partial charge on any atom is -0.496 e. The van der Waals surface area contributed by atoms with Gasteiger partial charge >= 0.3 is 0 Å². The lowest BCUT2D eigenvalue weighted by Gasteiger charge is -2.26. The number of rotatable bonds is 6. The van der Waals surface area contributed by atoms with Crippen LogP contribution in [-0.2, 0) is 5.41 Å². The second-order valence-electron chi connectivity index (χ2n) is 4.68. The highest BCUT2D eigenvalue weighted by molar-refractivity contribution is 5.53. The summed E-state index contributed by atoms with van der Waals surface area (Å²) in [6.07, 6.45) is 0. The van der Waals surface area contributed by atoms with Crippen molar-refractivity contribution in [1.82, 2.24) is 0 Å². The molecular formula is C14H22O4. The lowest BCUT2D eigenvalue weighted by molar-refractivity contribution is 0.213. The maximum absolute atomic E-state index is 9.49. The van der Waals surface area contributed by atoms with E-state index in [0.29, 0.717) is 23.9 Å². The largest absolute Gasteiger partial charge is 0.496 e. The second-order valence-corrected chi connectivity index (χ2v) is 4.68. The molecule has 0 heterocycles. The van der Waals surface area contributed by atoms with E-state index in [4.69, 9.17) is 14.2 Å². The van der Waals surface area contributed by atoms with Crippen molar-refractivity contribution in [1.29, 1.82) is 0 Å². The van der Waals surface area contributed by atoms with Gasteiger partial charge in [0, 0.05) is 17.0 Å². The Kier molecular flexibility index (Phi) is 4.84. The summed E-state index contributed by atoms with van der Waals surface area (Å²) < 4.78 is 16.2. The van der Waals surface area contributed by atoms with E-state index >= 15 is 0 Å². The molecular weight excluding hydrogens is 232 g/mol.